The summed E-state index contributed by atoms with van der Waals surface area (Å²) < 4.78 is 10.7. The van der Waals surface area contributed by atoms with Gasteiger partial charge in [0.25, 0.3) is 0 Å². The SMILES string of the molecule is COc1cc(C2N=C(NC#N)Nc3nc(N)c(C#N)c(N)c32)ccc1OCC#N. The topological polar surface area (TPSA) is 191 Å². The van der Waals surface area contributed by atoms with Crippen molar-refractivity contribution in [2.75, 3.05) is 30.5 Å². The van der Waals surface area contributed by atoms with Crippen molar-refractivity contribution in [3.8, 4) is 29.8 Å². The quantitative estimate of drug-likeness (QED) is 0.432. The Morgan fingerprint density at radius 3 is 2.69 bits per heavy atom. The monoisotopic (exact) mass is 389 g/mol. The number of hydrogen-bond acceptors (Lipinski definition) is 11. The van der Waals surface area contributed by atoms with Crippen LogP contribution in [0.25, 0.3) is 0 Å². The van der Waals surface area contributed by atoms with Crippen LogP contribution in [0.3, 0.4) is 0 Å². The van der Waals surface area contributed by atoms with Crippen LogP contribution in [-0.2, 0) is 0 Å². The lowest BCUT2D eigenvalue weighted by Gasteiger charge is -2.26. The second kappa shape index (κ2) is 7.91. The fourth-order valence-electron chi connectivity index (χ4n) is 2.91. The molecule has 0 fully saturated rings. The van der Waals surface area contributed by atoms with Gasteiger partial charge in [-0.1, -0.05) is 6.07 Å². The van der Waals surface area contributed by atoms with Crippen LogP contribution >= 0.6 is 0 Å². The zero-order valence-electron chi connectivity index (χ0n) is 15.2. The van der Waals surface area contributed by atoms with Crippen molar-refractivity contribution >= 4 is 23.3 Å². The van der Waals surface area contributed by atoms with E-state index in [1.54, 1.807) is 24.4 Å². The van der Waals surface area contributed by atoms with E-state index < -0.39 is 6.04 Å². The van der Waals surface area contributed by atoms with Gasteiger partial charge in [-0.25, -0.2) is 9.98 Å². The number of ether oxygens (including phenoxy) is 2. The Bertz CT molecular complexity index is 1120. The largest absolute Gasteiger partial charge is 0.493 e. The number of rotatable bonds is 4. The zero-order chi connectivity index (χ0) is 21.0. The van der Waals surface area contributed by atoms with E-state index in [-0.39, 0.29) is 35.5 Å². The molecule has 1 unspecified atom stereocenters. The average molecular weight is 389 g/mol. The first-order valence-electron chi connectivity index (χ1n) is 8.20. The van der Waals surface area contributed by atoms with Gasteiger partial charge in [-0.15, -0.1) is 0 Å². The van der Waals surface area contributed by atoms with Gasteiger partial charge in [0.2, 0.25) is 5.96 Å². The number of aliphatic imine (C=N–C) groups is 1. The minimum atomic E-state index is -0.707. The molecular weight excluding hydrogens is 374 g/mol. The fourth-order valence-corrected chi connectivity index (χ4v) is 2.91. The Labute approximate surface area is 165 Å². The minimum absolute atomic E-state index is 0.0361. The number of guanidine groups is 1. The Morgan fingerprint density at radius 2 is 2.03 bits per heavy atom. The van der Waals surface area contributed by atoms with Crippen LogP contribution in [0.4, 0.5) is 17.3 Å². The van der Waals surface area contributed by atoms with E-state index in [9.17, 15) is 5.26 Å². The summed E-state index contributed by atoms with van der Waals surface area (Å²) in [5, 5.41) is 32.3. The highest BCUT2D eigenvalue weighted by Crippen LogP contribution is 2.42. The second-order valence-corrected chi connectivity index (χ2v) is 5.76. The molecule has 6 N–H and O–H groups in total. The Kier molecular flexibility index (Phi) is 5.20. The molecular formula is C18H15N9O2. The molecule has 0 aliphatic carbocycles. The summed E-state index contributed by atoms with van der Waals surface area (Å²) in [4.78, 5) is 8.67. The highest BCUT2D eigenvalue weighted by atomic mass is 16.5. The molecule has 29 heavy (non-hydrogen) atoms. The Hall–Kier alpha value is -4.69. The fraction of sp³-hybridized carbons (Fsp3) is 0.167. The maximum absolute atomic E-state index is 9.37. The molecule has 0 amide bonds. The number of nitrogens with two attached hydrogens (primary N) is 2. The van der Waals surface area contributed by atoms with Gasteiger partial charge in [0, 0.05) is 5.56 Å². The normalized spacial score (nSPS) is 14.1. The second-order valence-electron chi connectivity index (χ2n) is 5.76. The van der Waals surface area contributed by atoms with Crippen molar-refractivity contribution < 1.29 is 9.47 Å². The highest BCUT2D eigenvalue weighted by molar-refractivity contribution is 5.98. The number of nitrogens with one attached hydrogen (secondary N) is 2. The van der Waals surface area contributed by atoms with E-state index in [0.29, 0.717) is 22.6 Å². The van der Waals surface area contributed by atoms with E-state index >= 15 is 0 Å². The van der Waals surface area contributed by atoms with Gasteiger partial charge in [0.05, 0.1) is 12.8 Å². The first kappa shape index (κ1) is 19.1. The summed E-state index contributed by atoms with van der Waals surface area (Å²) in [6.45, 7) is -0.137. The van der Waals surface area contributed by atoms with Crippen LogP contribution in [0.1, 0.15) is 22.7 Å². The van der Waals surface area contributed by atoms with E-state index in [1.165, 1.54) is 7.11 Å². The van der Waals surface area contributed by atoms with Crippen molar-refractivity contribution in [3.05, 3.63) is 34.9 Å². The first-order valence-corrected chi connectivity index (χ1v) is 8.20. The van der Waals surface area contributed by atoms with Crippen molar-refractivity contribution in [1.29, 1.82) is 15.8 Å². The lowest BCUT2D eigenvalue weighted by atomic mass is 9.95. The molecule has 11 heteroatoms. The molecule has 1 aliphatic rings. The summed E-state index contributed by atoms with van der Waals surface area (Å²) in [6.07, 6.45) is 1.79. The molecule has 1 aromatic carbocycles. The number of methoxy groups -OCH3 is 1. The van der Waals surface area contributed by atoms with Crippen LogP contribution in [0.2, 0.25) is 0 Å². The summed E-state index contributed by atoms with van der Waals surface area (Å²) in [6, 6.07) is 8.14. The van der Waals surface area contributed by atoms with Gasteiger partial charge in [-0.05, 0) is 17.7 Å². The van der Waals surface area contributed by atoms with E-state index in [0.717, 1.165) is 0 Å². The third-order valence-corrected chi connectivity index (χ3v) is 4.15. The number of nitrogens with zero attached hydrogens (tertiary/aromatic N) is 5. The standard InChI is InChI=1S/C18H15N9O2/c1-28-12-6-9(2-3-11(12)29-5-4-19)15-13-14(22)10(7-20)16(23)26-17(13)27-18(25-15)24-8-21/h2-3,6,15H,5H2,1H3,(H6,22,23,24,25,26,27). The third-order valence-electron chi connectivity index (χ3n) is 4.15. The van der Waals surface area contributed by atoms with Crippen molar-refractivity contribution in [3.63, 3.8) is 0 Å². The van der Waals surface area contributed by atoms with Crippen molar-refractivity contribution in [2.24, 2.45) is 4.99 Å². The number of pyridine rings is 1. The predicted molar refractivity (Wildman–Crippen MR) is 104 cm³/mol. The molecule has 0 spiro atoms. The van der Waals surface area contributed by atoms with Crippen molar-refractivity contribution in [1.82, 2.24) is 10.3 Å². The maximum atomic E-state index is 9.37. The molecule has 1 aliphatic heterocycles. The minimum Gasteiger partial charge on any atom is -0.493 e. The lowest BCUT2D eigenvalue weighted by molar-refractivity contribution is 0.329. The van der Waals surface area contributed by atoms with Crippen LogP contribution in [-0.4, -0.2) is 24.7 Å². The Balaban J connectivity index is 2.17. The number of nitrogen functional groups attached to an aromatic ring is 2. The van der Waals surface area contributed by atoms with E-state index in [4.69, 9.17) is 31.5 Å². The van der Waals surface area contributed by atoms with Crippen LogP contribution in [0.5, 0.6) is 11.5 Å². The van der Waals surface area contributed by atoms with E-state index in [1.807, 2.05) is 12.1 Å². The molecule has 0 radical (unpaired) electrons. The van der Waals surface area contributed by atoms with Gasteiger partial charge in [0.15, 0.2) is 24.3 Å². The zero-order valence-corrected chi connectivity index (χ0v) is 15.2. The van der Waals surface area contributed by atoms with Crippen LogP contribution in [0.15, 0.2) is 23.2 Å². The third kappa shape index (κ3) is 3.46. The first-order chi connectivity index (χ1) is 14.0. The summed E-state index contributed by atoms with van der Waals surface area (Å²) in [7, 11) is 1.46. The summed E-state index contributed by atoms with van der Waals surface area (Å²) >= 11 is 0. The highest BCUT2D eigenvalue weighted by Gasteiger charge is 2.30. The maximum Gasteiger partial charge on any atom is 0.211 e. The molecule has 3 rings (SSSR count). The number of hydrogen-bond donors (Lipinski definition) is 4. The van der Waals surface area contributed by atoms with Gasteiger partial charge in [-0.2, -0.15) is 15.8 Å². The molecule has 11 nitrogen and oxygen atoms in total. The molecule has 0 saturated carbocycles. The molecule has 1 atom stereocenters. The smallest absolute Gasteiger partial charge is 0.211 e. The number of fused-ring (bicyclic) bond motifs is 1. The number of benzene rings is 1. The molecule has 2 aromatic rings. The average Bonchev–Trinajstić information content (AvgIpc) is 2.72. The molecule has 144 valence electrons. The van der Waals surface area contributed by atoms with Gasteiger partial charge in [0.1, 0.15) is 35.4 Å². The summed E-state index contributed by atoms with van der Waals surface area (Å²) in [5.41, 5.74) is 13.3. The lowest BCUT2D eigenvalue weighted by Crippen LogP contribution is -2.32. The van der Waals surface area contributed by atoms with Gasteiger partial charge in [-0.3, -0.25) is 5.32 Å². The van der Waals surface area contributed by atoms with Gasteiger partial charge < -0.3 is 26.3 Å². The van der Waals surface area contributed by atoms with Gasteiger partial charge >= 0.3 is 0 Å². The Morgan fingerprint density at radius 1 is 1.24 bits per heavy atom. The number of aromatic nitrogens is 1. The predicted octanol–water partition coefficient (Wildman–Crippen LogP) is 0.970. The molecule has 0 bridgehead atoms. The van der Waals surface area contributed by atoms with Crippen LogP contribution < -0.4 is 31.6 Å². The number of nitriles is 3. The molecule has 0 saturated heterocycles. The number of anilines is 3. The molecule has 2 heterocycles. The van der Waals surface area contributed by atoms with E-state index in [2.05, 4.69) is 20.6 Å². The summed E-state index contributed by atoms with van der Waals surface area (Å²) in [5.74, 6) is 1.15. The molecule has 1 aromatic heterocycles. The van der Waals surface area contributed by atoms with Crippen molar-refractivity contribution in [2.45, 2.75) is 6.04 Å². The van der Waals surface area contributed by atoms with Crippen LogP contribution in [0, 0.1) is 34.1 Å².